The number of hydrogen-bond acceptors (Lipinski definition) is 5. The molecule has 2 heterocycles. The van der Waals surface area contributed by atoms with Gasteiger partial charge in [0.1, 0.15) is 5.76 Å². The number of benzene rings is 1. The Hall–Kier alpha value is -2.60. The second-order valence-corrected chi connectivity index (χ2v) is 7.43. The van der Waals surface area contributed by atoms with Crippen LogP contribution in [0.2, 0.25) is 0 Å². The van der Waals surface area contributed by atoms with E-state index in [2.05, 4.69) is 27.4 Å². The van der Waals surface area contributed by atoms with E-state index in [9.17, 15) is 4.79 Å². The van der Waals surface area contributed by atoms with Crippen molar-refractivity contribution in [1.82, 2.24) is 15.3 Å². The second kappa shape index (κ2) is 7.33. The molecule has 3 aromatic rings. The Morgan fingerprint density at radius 2 is 1.85 bits per heavy atom. The number of furan rings is 1. The normalized spacial score (nSPS) is 14.8. The standard InChI is InChI=1S/C20H19N3O2S/c24-18(23-20(9-10-20)13-15-5-2-1-3-6-15)17-8-7-16(25-17)14-26-19-21-11-4-12-22-19/h1-8,11-12H,9-10,13-14H2,(H,23,24). The van der Waals surface area contributed by atoms with E-state index in [0.717, 1.165) is 25.0 Å². The molecule has 4 rings (SSSR count). The van der Waals surface area contributed by atoms with E-state index in [1.807, 2.05) is 24.3 Å². The van der Waals surface area contributed by atoms with E-state index in [4.69, 9.17) is 4.42 Å². The van der Waals surface area contributed by atoms with Gasteiger partial charge in [0, 0.05) is 17.9 Å². The van der Waals surface area contributed by atoms with Gasteiger partial charge in [0.15, 0.2) is 10.9 Å². The van der Waals surface area contributed by atoms with Crippen molar-refractivity contribution in [2.24, 2.45) is 0 Å². The molecule has 6 heteroatoms. The number of aromatic nitrogens is 2. The van der Waals surface area contributed by atoms with Gasteiger partial charge in [-0.25, -0.2) is 9.97 Å². The van der Waals surface area contributed by atoms with Crippen molar-refractivity contribution in [1.29, 1.82) is 0 Å². The van der Waals surface area contributed by atoms with Crippen LogP contribution in [0.25, 0.3) is 0 Å². The summed E-state index contributed by atoms with van der Waals surface area (Å²) in [6, 6.07) is 15.6. The van der Waals surface area contributed by atoms with Crippen LogP contribution in [0.4, 0.5) is 0 Å². The Labute approximate surface area is 156 Å². The predicted molar refractivity (Wildman–Crippen MR) is 99.9 cm³/mol. The van der Waals surface area contributed by atoms with Gasteiger partial charge in [-0.3, -0.25) is 4.79 Å². The summed E-state index contributed by atoms with van der Waals surface area (Å²) >= 11 is 1.48. The minimum absolute atomic E-state index is 0.127. The smallest absolute Gasteiger partial charge is 0.287 e. The molecule has 0 atom stereocenters. The van der Waals surface area contributed by atoms with Crippen molar-refractivity contribution in [3.8, 4) is 0 Å². The van der Waals surface area contributed by atoms with Crippen molar-refractivity contribution in [3.05, 3.63) is 78.0 Å². The highest BCUT2D eigenvalue weighted by Crippen LogP contribution is 2.39. The summed E-state index contributed by atoms with van der Waals surface area (Å²) in [6.45, 7) is 0. The van der Waals surface area contributed by atoms with Crippen LogP contribution in [0.5, 0.6) is 0 Å². The number of carbonyl (C=O) groups is 1. The Morgan fingerprint density at radius 3 is 2.58 bits per heavy atom. The summed E-state index contributed by atoms with van der Waals surface area (Å²) in [7, 11) is 0. The lowest BCUT2D eigenvalue weighted by Crippen LogP contribution is -2.38. The van der Waals surface area contributed by atoms with Gasteiger partial charge in [-0.1, -0.05) is 42.1 Å². The van der Waals surface area contributed by atoms with Crippen LogP contribution in [0.1, 0.15) is 34.7 Å². The Morgan fingerprint density at radius 1 is 1.08 bits per heavy atom. The number of hydrogen-bond donors (Lipinski definition) is 1. The molecule has 1 aliphatic carbocycles. The van der Waals surface area contributed by atoms with Crippen LogP contribution in [0.3, 0.4) is 0 Å². The minimum Gasteiger partial charge on any atom is -0.455 e. The van der Waals surface area contributed by atoms with E-state index in [1.165, 1.54) is 17.3 Å². The summed E-state index contributed by atoms with van der Waals surface area (Å²) < 4.78 is 5.70. The van der Waals surface area contributed by atoms with Gasteiger partial charge in [-0.05, 0) is 43.0 Å². The van der Waals surface area contributed by atoms with Crippen molar-refractivity contribution in [2.45, 2.75) is 35.7 Å². The zero-order valence-electron chi connectivity index (χ0n) is 14.2. The molecule has 1 N–H and O–H groups in total. The highest BCUT2D eigenvalue weighted by Gasteiger charge is 2.44. The Balaban J connectivity index is 1.34. The summed E-state index contributed by atoms with van der Waals surface area (Å²) in [5, 5.41) is 3.84. The first kappa shape index (κ1) is 16.8. The van der Waals surface area contributed by atoms with Crippen LogP contribution in [0.15, 0.2) is 70.5 Å². The molecular weight excluding hydrogens is 346 g/mol. The highest BCUT2D eigenvalue weighted by atomic mass is 32.2. The maximum atomic E-state index is 12.5. The van der Waals surface area contributed by atoms with Crippen LogP contribution in [0, 0.1) is 0 Å². The summed E-state index contributed by atoms with van der Waals surface area (Å²) in [4.78, 5) is 20.9. The Bertz CT molecular complexity index is 876. The molecule has 1 fully saturated rings. The fourth-order valence-electron chi connectivity index (χ4n) is 2.86. The second-order valence-electron chi connectivity index (χ2n) is 6.48. The zero-order valence-corrected chi connectivity index (χ0v) is 15.0. The fraction of sp³-hybridized carbons (Fsp3) is 0.250. The average Bonchev–Trinajstić information content (AvgIpc) is 3.24. The van der Waals surface area contributed by atoms with E-state index in [1.54, 1.807) is 24.5 Å². The number of nitrogens with zero attached hydrogens (tertiary/aromatic N) is 2. The van der Waals surface area contributed by atoms with Gasteiger partial charge in [0.25, 0.3) is 5.91 Å². The highest BCUT2D eigenvalue weighted by molar-refractivity contribution is 7.98. The first-order chi connectivity index (χ1) is 12.7. The molecule has 0 unspecified atom stereocenters. The van der Waals surface area contributed by atoms with Crippen LogP contribution >= 0.6 is 11.8 Å². The summed E-state index contributed by atoms with van der Waals surface area (Å²) in [6.07, 6.45) is 6.27. The van der Waals surface area contributed by atoms with Crippen LogP contribution in [-0.4, -0.2) is 21.4 Å². The number of nitrogens with one attached hydrogen (secondary N) is 1. The van der Waals surface area contributed by atoms with Crippen molar-refractivity contribution >= 4 is 17.7 Å². The molecule has 1 aliphatic rings. The van der Waals surface area contributed by atoms with Gasteiger partial charge in [-0.2, -0.15) is 0 Å². The maximum Gasteiger partial charge on any atom is 0.287 e. The summed E-state index contributed by atoms with van der Waals surface area (Å²) in [5.41, 5.74) is 1.11. The van der Waals surface area contributed by atoms with Gasteiger partial charge in [0.05, 0.1) is 5.75 Å². The van der Waals surface area contributed by atoms with Crippen molar-refractivity contribution in [3.63, 3.8) is 0 Å². The van der Waals surface area contributed by atoms with Gasteiger partial charge < -0.3 is 9.73 Å². The Kier molecular flexibility index (Phi) is 4.75. The molecule has 2 aromatic heterocycles. The predicted octanol–water partition coefficient (Wildman–Crippen LogP) is 3.87. The molecule has 0 bridgehead atoms. The molecular formula is C20H19N3O2S. The minimum atomic E-state index is -0.148. The van der Waals surface area contributed by atoms with E-state index < -0.39 is 0 Å². The molecule has 0 aliphatic heterocycles. The molecule has 0 saturated heterocycles. The first-order valence-electron chi connectivity index (χ1n) is 8.57. The average molecular weight is 365 g/mol. The topological polar surface area (TPSA) is 68.0 Å². The lowest BCUT2D eigenvalue weighted by atomic mass is 10.0. The van der Waals surface area contributed by atoms with Crippen LogP contribution in [-0.2, 0) is 12.2 Å². The van der Waals surface area contributed by atoms with Crippen LogP contribution < -0.4 is 5.32 Å². The third kappa shape index (κ3) is 4.14. The van der Waals surface area contributed by atoms with Gasteiger partial charge in [-0.15, -0.1) is 0 Å². The largest absolute Gasteiger partial charge is 0.455 e. The SMILES string of the molecule is O=C(NC1(Cc2ccccc2)CC1)c1ccc(CSc2ncccn2)o1. The molecule has 1 saturated carbocycles. The van der Waals surface area contributed by atoms with Crippen molar-refractivity contribution < 1.29 is 9.21 Å². The fourth-order valence-corrected chi connectivity index (χ4v) is 3.56. The monoisotopic (exact) mass is 365 g/mol. The molecule has 26 heavy (non-hydrogen) atoms. The lowest BCUT2D eigenvalue weighted by Gasteiger charge is -2.16. The zero-order chi connectivity index (χ0) is 17.8. The molecule has 0 spiro atoms. The third-order valence-electron chi connectivity index (χ3n) is 4.39. The number of thioether (sulfide) groups is 1. The van der Waals surface area contributed by atoms with Gasteiger partial charge in [0.2, 0.25) is 0 Å². The van der Waals surface area contributed by atoms with Gasteiger partial charge >= 0.3 is 0 Å². The first-order valence-corrected chi connectivity index (χ1v) is 9.56. The third-order valence-corrected chi connectivity index (χ3v) is 5.29. The molecule has 1 amide bonds. The summed E-state index contributed by atoms with van der Waals surface area (Å²) in [5.74, 6) is 1.53. The number of rotatable bonds is 7. The molecule has 132 valence electrons. The maximum absolute atomic E-state index is 12.5. The van der Waals surface area contributed by atoms with Crippen molar-refractivity contribution in [2.75, 3.05) is 0 Å². The van der Waals surface area contributed by atoms with E-state index in [0.29, 0.717) is 16.7 Å². The quantitative estimate of drug-likeness (QED) is 0.508. The molecule has 0 radical (unpaired) electrons. The van der Waals surface area contributed by atoms with E-state index >= 15 is 0 Å². The molecule has 5 nitrogen and oxygen atoms in total. The number of carbonyl (C=O) groups excluding carboxylic acids is 1. The number of amides is 1. The lowest BCUT2D eigenvalue weighted by molar-refractivity contribution is 0.0902. The molecule has 1 aromatic carbocycles. The van der Waals surface area contributed by atoms with E-state index in [-0.39, 0.29) is 11.4 Å².